The highest BCUT2D eigenvalue weighted by Gasteiger charge is 2.33. The zero-order valence-corrected chi connectivity index (χ0v) is 12.4. The Morgan fingerprint density at radius 1 is 1.36 bits per heavy atom. The average molecular weight is 319 g/mol. The molecule has 1 aliphatic rings. The maximum atomic E-state index is 12.1. The molecule has 0 atom stereocenters. The summed E-state index contributed by atoms with van der Waals surface area (Å²) >= 11 is 6.23. The van der Waals surface area contributed by atoms with Gasteiger partial charge in [0, 0.05) is 11.6 Å². The van der Waals surface area contributed by atoms with Gasteiger partial charge in [-0.2, -0.15) is 10.1 Å². The number of aliphatic imine (C=N–C) groups is 1. The number of anilines is 1. The van der Waals surface area contributed by atoms with Gasteiger partial charge in [0.05, 0.1) is 28.2 Å². The van der Waals surface area contributed by atoms with Crippen molar-refractivity contribution in [1.29, 1.82) is 0 Å². The van der Waals surface area contributed by atoms with E-state index in [1.54, 1.807) is 22.9 Å². The number of hydrogen-bond acceptors (Lipinski definition) is 3. The van der Waals surface area contributed by atoms with Gasteiger partial charge in [0.15, 0.2) is 5.96 Å². The van der Waals surface area contributed by atoms with E-state index in [0.29, 0.717) is 22.0 Å². The van der Waals surface area contributed by atoms with E-state index in [1.807, 2.05) is 0 Å². The average Bonchev–Trinajstić information content (AvgIpc) is 3.19. The predicted molar refractivity (Wildman–Crippen MR) is 85.1 cm³/mol. The zero-order chi connectivity index (χ0) is 15.9. The first-order valence-corrected chi connectivity index (χ1v) is 7.12. The fraction of sp³-hybridized carbons (Fsp3) is 0.214. The van der Waals surface area contributed by atoms with Gasteiger partial charge in [0.2, 0.25) is 0 Å². The number of aromatic nitrogens is 2. The van der Waals surface area contributed by atoms with Crippen LogP contribution in [-0.4, -0.2) is 21.6 Å². The third-order valence-corrected chi connectivity index (χ3v) is 3.75. The van der Waals surface area contributed by atoms with Gasteiger partial charge >= 0.3 is 0 Å². The molecule has 0 spiro atoms. The summed E-state index contributed by atoms with van der Waals surface area (Å²) in [6, 6.07) is 5.12. The lowest BCUT2D eigenvalue weighted by Crippen LogP contribution is -2.24. The molecule has 1 aromatic heterocycles. The molecule has 1 heterocycles. The number of rotatable bonds is 3. The molecular weight excluding hydrogens is 304 g/mol. The van der Waals surface area contributed by atoms with Crippen LogP contribution in [-0.2, 0) is 0 Å². The van der Waals surface area contributed by atoms with Crippen molar-refractivity contribution in [2.75, 3.05) is 5.73 Å². The molecule has 1 aliphatic carbocycles. The summed E-state index contributed by atoms with van der Waals surface area (Å²) in [5.41, 5.74) is 18.7. The molecular formula is C14H15ClN6O. The highest BCUT2D eigenvalue weighted by Crippen LogP contribution is 2.43. The van der Waals surface area contributed by atoms with Gasteiger partial charge in [0.1, 0.15) is 0 Å². The summed E-state index contributed by atoms with van der Waals surface area (Å²) in [5, 5.41) is 4.78. The molecule has 22 heavy (non-hydrogen) atoms. The Morgan fingerprint density at radius 3 is 2.73 bits per heavy atom. The molecule has 0 unspecified atom stereocenters. The van der Waals surface area contributed by atoms with Crippen LogP contribution in [0.4, 0.5) is 5.69 Å². The molecule has 3 rings (SSSR count). The van der Waals surface area contributed by atoms with Gasteiger partial charge in [-0.3, -0.25) is 4.79 Å². The van der Waals surface area contributed by atoms with Crippen LogP contribution in [0, 0.1) is 0 Å². The SMILES string of the molecule is NC(N)=NC(=O)c1cnn(-c2cc(N)ccc2Cl)c1C1CC1. The van der Waals surface area contributed by atoms with Crippen molar-refractivity contribution >= 4 is 29.2 Å². The van der Waals surface area contributed by atoms with Crippen LogP contribution in [0.3, 0.4) is 0 Å². The number of guanidine groups is 1. The van der Waals surface area contributed by atoms with Gasteiger partial charge < -0.3 is 17.2 Å². The van der Waals surface area contributed by atoms with Gasteiger partial charge in [-0.15, -0.1) is 0 Å². The molecule has 0 saturated heterocycles. The number of nitrogen functional groups attached to an aromatic ring is 1. The summed E-state index contributed by atoms with van der Waals surface area (Å²) in [6.45, 7) is 0. The van der Waals surface area contributed by atoms with Crippen molar-refractivity contribution in [3.63, 3.8) is 0 Å². The second-order valence-corrected chi connectivity index (χ2v) is 5.59. The first kappa shape index (κ1) is 14.4. The van der Waals surface area contributed by atoms with Crippen molar-refractivity contribution in [3.8, 4) is 5.69 Å². The Labute approximate surface area is 131 Å². The zero-order valence-electron chi connectivity index (χ0n) is 11.7. The Morgan fingerprint density at radius 2 is 2.09 bits per heavy atom. The van der Waals surface area contributed by atoms with Crippen molar-refractivity contribution in [1.82, 2.24) is 9.78 Å². The van der Waals surface area contributed by atoms with Gasteiger partial charge in [0.25, 0.3) is 5.91 Å². The van der Waals surface area contributed by atoms with Crippen molar-refractivity contribution in [2.24, 2.45) is 16.5 Å². The number of halogens is 1. The second kappa shape index (κ2) is 5.34. The molecule has 1 saturated carbocycles. The molecule has 114 valence electrons. The van der Waals surface area contributed by atoms with Crippen LogP contribution in [0.5, 0.6) is 0 Å². The van der Waals surface area contributed by atoms with E-state index >= 15 is 0 Å². The molecule has 0 bridgehead atoms. The maximum absolute atomic E-state index is 12.1. The Hall–Kier alpha value is -2.54. The summed E-state index contributed by atoms with van der Waals surface area (Å²) in [4.78, 5) is 15.7. The molecule has 8 heteroatoms. The Bertz CT molecular complexity index is 774. The molecule has 1 amide bonds. The second-order valence-electron chi connectivity index (χ2n) is 5.18. The van der Waals surface area contributed by atoms with Gasteiger partial charge in [-0.05, 0) is 31.0 Å². The van der Waals surface area contributed by atoms with E-state index in [0.717, 1.165) is 18.5 Å². The normalized spacial score (nSPS) is 13.9. The Kier molecular flexibility index (Phi) is 3.50. The van der Waals surface area contributed by atoms with Gasteiger partial charge in [-0.1, -0.05) is 11.6 Å². The smallest absolute Gasteiger partial charge is 0.283 e. The van der Waals surface area contributed by atoms with E-state index in [1.165, 1.54) is 6.20 Å². The minimum Gasteiger partial charge on any atom is -0.399 e. The van der Waals surface area contributed by atoms with E-state index in [9.17, 15) is 4.79 Å². The maximum Gasteiger partial charge on any atom is 0.283 e. The number of hydrogen-bond donors (Lipinski definition) is 3. The molecule has 0 aliphatic heterocycles. The Balaban J connectivity index is 2.14. The van der Waals surface area contributed by atoms with Crippen LogP contribution in [0.25, 0.3) is 5.69 Å². The summed E-state index contributed by atoms with van der Waals surface area (Å²) in [6.07, 6.45) is 3.42. The summed E-state index contributed by atoms with van der Waals surface area (Å²) < 4.78 is 1.64. The van der Waals surface area contributed by atoms with Crippen LogP contribution < -0.4 is 17.2 Å². The lowest BCUT2D eigenvalue weighted by molar-refractivity contribution is 0.100. The fourth-order valence-electron chi connectivity index (χ4n) is 2.33. The van der Waals surface area contributed by atoms with Crippen LogP contribution in [0.1, 0.15) is 34.8 Å². The predicted octanol–water partition coefficient (Wildman–Crippen LogP) is 1.40. The highest BCUT2D eigenvalue weighted by molar-refractivity contribution is 6.32. The summed E-state index contributed by atoms with van der Waals surface area (Å²) in [5.74, 6) is -0.539. The topological polar surface area (TPSA) is 125 Å². The molecule has 1 fully saturated rings. The van der Waals surface area contributed by atoms with E-state index in [2.05, 4.69) is 10.1 Å². The summed E-state index contributed by atoms with van der Waals surface area (Å²) in [7, 11) is 0. The van der Waals surface area contributed by atoms with Crippen LogP contribution >= 0.6 is 11.6 Å². The van der Waals surface area contributed by atoms with Gasteiger partial charge in [-0.25, -0.2) is 4.68 Å². The molecule has 7 nitrogen and oxygen atoms in total. The first-order chi connectivity index (χ1) is 10.5. The molecule has 2 aromatic rings. The number of amides is 1. The minimum atomic E-state index is -0.506. The number of carbonyl (C=O) groups is 1. The van der Waals surface area contributed by atoms with Crippen molar-refractivity contribution < 1.29 is 4.79 Å². The first-order valence-electron chi connectivity index (χ1n) is 6.74. The monoisotopic (exact) mass is 318 g/mol. The molecule has 1 aromatic carbocycles. The lowest BCUT2D eigenvalue weighted by Gasteiger charge is -2.10. The molecule has 0 radical (unpaired) electrons. The fourth-order valence-corrected chi connectivity index (χ4v) is 2.53. The number of benzene rings is 1. The van der Waals surface area contributed by atoms with Crippen LogP contribution in [0.2, 0.25) is 5.02 Å². The highest BCUT2D eigenvalue weighted by atomic mass is 35.5. The standard InChI is InChI=1S/C14H15ClN6O/c15-10-4-3-8(16)5-11(10)21-12(7-1-2-7)9(6-19-21)13(22)20-14(17)18/h3-7H,1-2,16H2,(H4,17,18,20,22). The third-order valence-electron chi connectivity index (χ3n) is 3.43. The number of carbonyl (C=O) groups excluding carboxylic acids is 1. The van der Waals surface area contributed by atoms with Crippen LogP contribution in [0.15, 0.2) is 29.4 Å². The molecule has 6 N–H and O–H groups in total. The van der Waals surface area contributed by atoms with E-state index in [4.69, 9.17) is 28.8 Å². The van der Waals surface area contributed by atoms with E-state index < -0.39 is 5.91 Å². The van der Waals surface area contributed by atoms with Crippen molar-refractivity contribution in [2.45, 2.75) is 18.8 Å². The minimum absolute atomic E-state index is 0.244. The number of nitrogens with two attached hydrogens (primary N) is 3. The largest absolute Gasteiger partial charge is 0.399 e. The lowest BCUT2D eigenvalue weighted by atomic mass is 10.1. The number of nitrogens with zero attached hydrogens (tertiary/aromatic N) is 3. The van der Waals surface area contributed by atoms with E-state index in [-0.39, 0.29) is 11.9 Å². The quantitative estimate of drug-likeness (QED) is 0.448. The third kappa shape index (κ3) is 2.62. The van der Waals surface area contributed by atoms with Crippen molar-refractivity contribution in [3.05, 3.63) is 40.7 Å².